The second-order valence-electron chi connectivity index (χ2n) is 43.3. The van der Waals surface area contributed by atoms with Gasteiger partial charge in [0.25, 0.3) is 0 Å². The van der Waals surface area contributed by atoms with Crippen molar-refractivity contribution in [3.05, 3.63) is 0 Å². The van der Waals surface area contributed by atoms with Gasteiger partial charge in [-0.05, 0) is 457 Å². The van der Waals surface area contributed by atoms with Crippen LogP contribution in [0.4, 0.5) is 0 Å². The molecule has 0 aromatic rings. The number of methoxy groups -OCH3 is 2. The van der Waals surface area contributed by atoms with Crippen molar-refractivity contribution in [1.82, 2.24) is 0 Å². The van der Waals surface area contributed by atoms with Crippen molar-refractivity contribution in [3.63, 3.8) is 0 Å². The molecular formula is C121H262O9. The molecule has 21 atom stereocenters. The highest BCUT2D eigenvalue weighted by Crippen LogP contribution is 2.69. The molecule has 0 radical (unpaired) electrons. The summed E-state index contributed by atoms with van der Waals surface area (Å²) in [6.45, 7) is 50.4. The van der Waals surface area contributed by atoms with Gasteiger partial charge in [0.1, 0.15) is 0 Å². The van der Waals surface area contributed by atoms with Crippen LogP contribution in [-0.4, -0.2) is 112 Å². The molecule has 20 aliphatic rings. The number of ether oxygens (including phenoxy) is 9. The number of fused-ring (bicyclic) bond motifs is 14. The monoisotopic (exact) mass is 1860 g/mol. The fraction of sp³-hybridized carbons (Fsp3) is 1.00. The Balaban J connectivity index is -0.000000156. The first kappa shape index (κ1) is 150. The number of hydrogen-bond acceptors (Lipinski definition) is 9. The molecule has 0 aromatic carbocycles. The van der Waals surface area contributed by atoms with Crippen LogP contribution >= 0.6 is 0 Å². The van der Waals surface area contributed by atoms with Crippen LogP contribution in [0.15, 0.2) is 0 Å². The normalized spacial score (nSPS) is 35.5. The minimum Gasteiger partial charge on any atom is -0.382 e. The van der Waals surface area contributed by atoms with Crippen molar-refractivity contribution in [2.24, 2.45) is 129 Å². The average molecular weight is 1860 g/mol. The maximum absolute atomic E-state index is 6.47. The highest BCUT2D eigenvalue weighted by molar-refractivity contribution is 5.13. The molecular weight excluding hydrogens is 1600 g/mol. The van der Waals surface area contributed by atoms with E-state index in [1.54, 1.807) is 52.7 Å². The summed E-state index contributed by atoms with van der Waals surface area (Å²) in [7, 11) is 3.46. The van der Waals surface area contributed by atoms with Crippen molar-refractivity contribution in [3.8, 4) is 0 Å². The van der Waals surface area contributed by atoms with Crippen molar-refractivity contribution in [1.29, 1.82) is 0 Å². The van der Waals surface area contributed by atoms with E-state index >= 15 is 0 Å². The zero-order chi connectivity index (χ0) is 81.2. The van der Waals surface area contributed by atoms with Crippen LogP contribution in [-0.2, 0) is 42.6 Å². The fourth-order valence-corrected chi connectivity index (χ4v) is 28.3. The summed E-state index contributed by atoms with van der Waals surface area (Å²) >= 11 is 0. The highest BCUT2D eigenvalue weighted by Gasteiger charge is 2.64. The quantitative estimate of drug-likeness (QED) is 0.0747. The summed E-state index contributed by atoms with van der Waals surface area (Å²) in [5.41, 5.74) is 1.42. The average Bonchev–Trinajstić information content (AvgIpc) is 1.54. The Labute approximate surface area is 828 Å². The molecule has 130 heavy (non-hydrogen) atoms. The molecule has 20 saturated carbocycles. The number of rotatable bonds is 27. The molecule has 20 fully saturated rings. The molecule has 0 saturated heterocycles. The first-order valence-corrected chi connectivity index (χ1v) is 50.2. The zero-order valence-corrected chi connectivity index (χ0v) is 78.6. The highest BCUT2D eigenvalue weighted by atomic mass is 16.5. The summed E-state index contributed by atoms with van der Waals surface area (Å²) in [6.07, 6.45) is 63.3. The van der Waals surface area contributed by atoms with E-state index in [1.807, 2.05) is 6.92 Å². The summed E-state index contributed by atoms with van der Waals surface area (Å²) in [4.78, 5) is 0. The molecule has 0 amide bonds. The summed E-state index contributed by atoms with van der Waals surface area (Å²) in [6, 6.07) is 0. The van der Waals surface area contributed by atoms with Gasteiger partial charge in [-0.1, -0.05) is 222 Å². The summed E-state index contributed by atoms with van der Waals surface area (Å²) in [5.74, 6) is 20.7. The van der Waals surface area contributed by atoms with Crippen LogP contribution < -0.4 is 0 Å². The van der Waals surface area contributed by atoms with Gasteiger partial charge in [0, 0.05) is 20.8 Å². The Morgan fingerprint density at radius 1 is 0.292 bits per heavy atom. The molecule has 20 aliphatic carbocycles. The van der Waals surface area contributed by atoms with Gasteiger partial charge in [-0.15, -0.1) is 0 Å². The van der Waals surface area contributed by atoms with Crippen LogP contribution in [0.1, 0.15) is 549 Å². The lowest BCUT2D eigenvalue weighted by Crippen LogP contribution is -2.58. The molecule has 21 unspecified atom stereocenters. The lowest BCUT2D eigenvalue weighted by atomic mass is 9.46. The first-order chi connectivity index (χ1) is 53.6. The van der Waals surface area contributed by atoms with Gasteiger partial charge in [-0.2, -0.15) is 0 Å². The second kappa shape index (κ2) is 71.1. The second-order valence-corrected chi connectivity index (χ2v) is 43.3. The fourth-order valence-electron chi connectivity index (χ4n) is 28.3. The van der Waals surface area contributed by atoms with E-state index in [-0.39, 0.29) is 145 Å². The molecule has 800 valence electrons. The lowest BCUT2D eigenvalue weighted by molar-refractivity contribution is -0.213. The van der Waals surface area contributed by atoms with Crippen molar-refractivity contribution >= 4 is 0 Å². The Kier molecular flexibility index (Phi) is 82.0. The molecule has 0 aromatic heterocycles. The van der Waals surface area contributed by atoms with Crippen LogP contribution in [0.5, 0.6) is 0 Å². The predicted molar refractivity (Wildman–Crippen MR) is 592 cm³/mol. The van der Waals surface area contributed by atoms with Gasteiger partial charge in [0.2, 0.25) is 0 Å². The van der Waals surface area contributed by atoms with E-state index < -0.39 is 0 Å². The standard InChI is InChI=1S/C17H30O.C16H26O.2C15H26O.C14H24O.C10H20O.C6H14O.2C5H12O.18CH4/c1-5-12(2)18-16(3,4)17-9-13-6-14(10-17)8-15(7-13)11-17;1-3-9(2)17-14-8-12-7-13(14)16-11-5-4-10(6-11)15(12)16;1-4-10(2)16-15(3)13-6-11-5-12(8-13)9-14(15)7-11;1-3-11(2)16-10-15-7-12-4-13(8-15)6-14(5-12)9-15;1-3-9(2)15-14-8-10-7-13(14)12-6-4-5-11(10)12;1-3-9(2)11-10-7-5-4-6-8-10;1-4-6(3)7-5-2;2*1-4-5(2)6-3;;;;;;;;;;;;;;;;;;/h12-15H,5-11H2,1-4H3;9-16H,3-8H2,1-2H3;10-14H,4-9H2,1-3H3;11-14H,3-10H2,1-2H3;9-14H,3-8H2,1-2H3;9-10H,3-8H2,1-2H3;6H,4-5H2,1-3H3;2*5H,4H2,1-3H3;18*1H4. The van der Waals surface area contributed by atoms with Gasteiger partial charge < -0.3 is 42.6 Å². The topological polar surface area (TPSA) is 83.1 Å². The predicted octanol–water partition coefficient (Wildman–Crippen LogP) is 39.6. The molecule has 9 nitrogen and oxygen atoms in total. The smallest absolute Gasteiger partial charge is 0.0714 e. The van der Waals surface area contributed by atoms with E-state index in [1.165, 1.54) is 180 Å². The molecule has 0 aliphatic heterocycles. The van der Waals surface area contributed by atoms with E-state index in [2.05, 4.69) is 145 Å². The molecule has 18 bridgehead atoms. The van der Waals surface area contributed by atoms with Gasteiger partial charge in [-0.3, -0.25) is 0 Å². The minimum atomic E-state index is 0. The minimum absolute atomic E-state index is 0. The van der Waals surface area contributed by atoms with Crippen molar-refractivity contribution < 1.29 is 42.6 Å². The summed E-state index contributed by atoms with van der Waals surface area (Å²) in [5, 5.41) is 0. The van der Waals surface area contributed by atoms with E-state index in [9.17, 15) is 0 Å². The van der Waals surface area contributed by atoms with Crippen LogP contribution in [0.3, 0.4) is 0 Å². The van der Waals surface area contributed by atoms with Gasteiger partial charge >= 0.3 is 0 Å². The Morgan fingerprint density at radius 3 is 1.03 bits per heavy atom. The van der Waals surface area contributed by atoms with Gasteiger partial charge in [0.15, 0.2) is 0 Å². The van der Waals surface area contributed by atoms with Crippen LogP contribution in [0.2, 0.25) is 0 Å². The van der Waals surface area contributed by atoms with Crippen molar-refractivity contribution in [2.45, 2.75) is 634 Å². The maximum Gasteiger partial charge on any atom is 0.0714 e. The maximum atomic E-state index is 6.47. The lowest BCUT2D eigenvalue weighted by Gasteiger charge is -2.62. The van der Waals surface area contributed by atoms with Gasteiger partial charge in [-0.25, -0.2) is 0 Å². The number of hydrogen-bond donors (Lipinski definition) is 0. The Bertz CT molecular complexity index is 2460. The third kappa shape index (κ3) is 39.9. The van der Waals surface area contributed by atoms with Gasteiger partial charge in [0.05, 0.1) is 91.1 Å². The third-order valence-corrected chi connectivity index (χ3v) is 35.1. The molecule has 0 spiro atoms. The largest absolute Gasteiger partial charge is 0.382 e. The van der Waals surface area contributed by atoms with E-state index in [4.69, 9.17) is 42.6 Å². The molecule has 20 rings (SSSR count). The first-order valence-electron chi connectivity index (χ1n) is 50.2. The van der Waals surface area contributed by atoms with Crippen LogP contribution in [0.25, 0.3) is 0 Å². The molecule has 0 N–H and O–H groups in total. The zero-order valence-electron chi connectivity index (χ0n) is 78.6. The van der Waals surface area contributed by atoms with Crippen molar-refractivity contribution in [2.75, 3.05) is 27.4 Å². The SMILES string of the molecule is C.C.C.C.C.C.C.C.C.C.C.C.C.C.C.C.C.C.CCC(C)OC.CCC(C)OC.CCC(C)OC(C)(C)C12CC3CC(CC(C3)C1)C2.CCC(C)OC1(C)C2CC3CC(C2)CC1C3.CCC(C)OC1CC2CC1C1C3CCC(C3)C21.CCC(C)OC1CC2CC1C1CCCC21.CCC(C)OC1CCCCC1.CCC(C)OCC12CC3CC(CC(C3)C1)C2.CCOC(C)CC. The molecule has 0 heterocycles. The Morgan fingerprint density at radius 2 is 0.646 bits per heavy atom. The van der Waals surface area contributed by atoms with E-state index in [0.29, 0.717) is 84.1 Å². The van der Waals surface area contributed by atoms with E-state index in [0.717, 1.165) is 177 Å². The van der Waals surface area contributed by atoms with Crippen LogP contribution in [0, 0.1) is 129 Å². The third-order valence-electron chi connectivity index (χ3n) is 35.1. The molecule has 9 heteroatoms. The summed E-state index contributed by atoms with van der Waals surface area (Å²) < 4.78 is 52.4. The Hall–Kier alpha value is -0.360.